The van der Waals surface area contributed by atoms with E-state index in [-0.39, 0.29) is 11.1 Å². The molecule has 3 atom stereocenters. The Kier molecular flexibility index (Phi) is 7.91. The number of alkyl halides is 3. The van der Waals surface area contributed by atoms with Crippen molar-refractivity contribution in [1.29, 1.82) is 0 Å². The number of halogens is 5. The van der Waals surface area contributed by atoms with Crippen molar-refractivity contribution in [2.24, 2.45) is 0 Å². The van der Waals surface area contributed by atoms with Crippen molar-refractivity contribution in [2.75, 3.05) is 7.05 Å². The summed E-state index contributed by atoms with van der Waals surface area (Å²) in [7, 11) is -3.28. The van der Waals surface area contributed by atoms with Crippen molar-refractivity contribution in [3.8, 4) is 0 Å². The maximum atomic E-state index is 14.9. The second kappa shape index (κ2) is 9.49. The highest BCUT2D eigenvalue weighted by Crippen LogP contribution is 2.43. The maximum Gasteiger partial charge on any atom is 0.416 e. The second-order valence-corrected chi connectivity index (χ2v) is 12.5. The Morgan fingerprint density at radius 1 is 0.970 bits per heavy atom. The van der Waals surface area contributed by atoms with Crippen LogP contribution in [0.4, 0.5) is 22.0 Å². The molecular formula is C21H25F5N2O3S2. The van der Waals surface area contributed by atoms with Crippen LogP contribution in [0, 0.1) is 11.6 Å². The van der Waals surface area contributed by atoms with Crippen molar-refractivity contribution in [2.45, 2.75) is 49.4 Å². The van der Waals surface area contributed by atoms with E-state index in [9.17, 15) is 34.9 Å². The molecule has 0 heterocycles. The molecule has 0 aliphatic heterocycles. The fraction of sp³-hybridized carbons (Fsp3) is 0.429. The van der Waals surface area contributed by atoms with Crippen LogP contribution in [0.1, 0.15) is 49.6 Å². The molecule has 5 nitrogen and oxygen atoms in total. The number of hydrogen-bond acceptors (Lipinski definition) is 4. The van der Waals surface area contributed by atoms with Crippen LogP contribution >= 0.6 is 0 Å². The Bertz CT molecular complexity index is 1090. The molecule has 0 aliphatic rings. The van der Waals surface area contributed by atoms with Gasteiger partial charge in [0, 0.05) is 23.0 Å². The van der Waals surface area contributed by atoms with E-state index in [1.54, 1.807) is 20.8 Å². The summed E-state index contributed by atoms with van der Waals surface area (Å²) in [6.07, 6.45) is -4.66. The zero-order valence-electron chi connectivity index (χ0n) is 18.5. The summed E-state index contributed by atoms with van der Waals surface area (Å²) in [6, 6.07) is 5.80. The Hall–Kier alpha value is -1.73. The third-order valence-electron chi connectivity index (χ3n) is 5.01. The van der Waals surface area contributed by atoms with Gasteiger partial charge in [-0.05, 0) is 58.5 Å². The summed E-state index contributed by atoms with van der Waals surface area (Å²) in [4.78, 5) is 0. The number of nitrogens with one attached hydrogen (secondary N) is 2. The van der Waals surface area contributed by atoms with Gasteiger partial charge in [-0.3, -0.25) is 0 Å². The lowest BCUT2D eigenvalue weighted by atomic mass is 9.85. The Balaban J connectivity index is 2.83. The Morgan fingerprint density at radius 2 is 1.52 bits per heavy atom. The van der Waals surface area contributed by atoms with Crippen LogP contribution in [0.25, 0.3) is 0 Å². The highest BCUT2D eigenvalue weighted by atomic mass is 32.2. The van der Waals surface area contributed by atoms with E-state index in [4.69, 9.17) is 0 Å². The van der Waals surface area contributed by atoms with Gasteiger partial charge in [-0.1, -0.05) is 18.2 Å². The molecule has 0 amide bonds. The predicted molar refractivity (Wildman–Crippen MR) is 117 cm³/mol. The minimum absolute atomic E-state index is 0.123. The molecule has 33 heavy (non-hydrogen) atoms. The van der Waals surface area contributed by atoms with Gasteiger partial charge in [0.1, 0.15) is 27.2 Å². The highest BCUT2D eigenvalue weighted by molar-refractivity contribution is 7.91. The number of rotatable bonds is 7. The van der Waals surface area contributed by atoms with Gasteiger partial charge in [0.05, 0.1) is 5.56 Å². The van der Waals surface area contributed by atoms with Crippen LogP contribution in [-0.2, 0) is 33.1 Å². The van der Waals surface area contributed by atoms with Gasteiger partial charge in [0.15, 0.2) is 0 Å². The third kappa shape index (κ3) is 6.04. The van der Waals surface area contributed by atoms with E-state index in [2.05, 4.69) is 9.44 Å². The summed E-state index contributed by atoms with van der Waals surface area (Å²) in [5.41, 5.74) is -3.45. The molecule has 0 fully saturated rings. The molecule has 2 aromatic carbocycles. The zero-order chi connectivity index (χ0) is 25.4. The molecule has 2 aromatic rings. The lowest BCUT2D eigenvalue weighted by Crippen LogP contribution is -2.55. The lowest BCUT2D eigenvalue weighted by Gasteiger charge is -2.40. The first-order valence-corrected chi connectivity index (χ1v) is 12.4. The van der Waals surface area contributed by atoms with Crippen molar-refractivity contribution in [1.82, 2.24) is 9.44 Å². The Morgan fingerprint density at radius 3 is 1.94 bits per heavy atom. The van der Waals surface area contributed by atoms with E-state index in [0.717, 1.165) is 31.3 Å². The lowest BCUT2D eigenvalue weighted by molar-refractivity contribution is -0.137. The Labute approximate surface area is 193 Å². The summed E-state index contributed by atoms with van der Waals surface area (Å²) in [6.45, 7) is 6.04. The summed E-state index contributed by atoms with van der Waals surface area (Å²) in [5, 5.41) is -1.75. The molecule has 0 radical (unpaired) electrons. The minimum Gasteiger partial charge on any atom is -0.598 e. The van der Waals surface area contributed by atoms with Crippen molar-refractivity contribution in [3.05, 3.63) is 70.8 Å². The standard InChI is InChI=1S/C21H25F5N2O3S2/c1-19(2,3)32(29)28-20(4,16-11-10-15(22)12-17(16)23)18(33(30,31)27-5)13-6-8-14(9-7-13)21(24,25)26/h6-12,18,27-28H,1-5H3/t18?,20-,32?/m1/s1. The van der Waals surface area contributed by atoms with E-state index < -0.39 is 60.3 Å². The second-order valence-electron chi connectivity index (χ2n) is 8.56. The van der Waals surface area contributed by atoms with Crippen molar-refractivity contribution in [3.63, 3.8) is 0 Å². The summed E-state index contributed by atoms with van der Waals surface area (Å²) in [5.74, 6) is -2.03. The smallest absolute Gasteiger partial charge is 0.416 e. The average Bonchev–Trinajstić information content (AvgIpc) is 2.66. The van der Waals surface area contributed by atoms with Crippen LogP contribution in [0.3, 0.4) is 0 Å². The number of sulfonamides is 1. The van der Waals surface area contributed by atoms with Crippen molar-refractivity contribution >= 4 is 21.4 Å². The van der Waals surface area contributed by atoms with Crippen LogP contribution < -0.4 is 9.44 Å². The van der Waals surface area contributed by atoms with Gasteiger partial charge in [-0.2, -0.15) is 13.2 Å². The van der Waals surface area contributed by atoms with Gasteiger partial charge in [-0.15, -0.1) is 4.72 Å². The normalized spacial score (nSPS) is 16.8. The average molecular weight is 513 g/mol. The van der Waals surface area contributed by atoms with E-state index >= 15 is 0 Å². The zero-order valence-corrected chi connectivity index (χ0v) is 20.2. The number of benzene rings is 2. The van der Waals surface area contributed by atoms with Gasteiger partial charge in [0.25, 0.3) is 0 Å². The SMILES string of the molecule is CNS(=O)(=O)C(c1ccc(C(F)(F)F)cc1)[C@](C)(N[S+]([O-])C(C)(C)C)c1ccc(F)cc1F. The van der Waals surface area contributed by atoms with Gasteiger partial charge in [0.2, 0.25) is 10.0 Å². The van der Waals surface area contributed by atoms with Gasteiger partial charge < -0.3 is 4.55 Å². The quantitative estimate of drug-likeness (QED) is 0.422. The first-order chi connectivity index (χ1) is 14.9. The maximum absolute atomic E-state index is 14.9. The van der Waals surface area contributed by atoms with Gasteiger partial charge in [-0.25, -0.2) is 21.9 Å². The molecule has 0 aromatic heterocycles. The fourth-order valence-corrected chi connectivity index (χ4v) is 5.84. The molecule has 12 heteroatoms. The molecule has 0 spiro atoms. The predicted octanol–water partition coefficient (Wildman–Crippen LogP) is 4.54. The van der Waals surface area contributed by atoms with Crippen LogP contribution in [-0.4, -0.2) is 24.8 Å². The molecule has 0 saturated heterocycles. The summed E-state index contributed by atoms with van der Waals surface area (Å²) < 4.78 is 111. The van der Waals surface area contributed by atoms with E-state index in [0.29, 0.717) is 18.2 Å². The molecular weight excluding hydrogens is 487 g/mol. The highest BCUT2D eigenvalue weighted by Gasteiger charge is 2.51. The van der Waals surface area contributed by atoms with E-state index in [1.807, 2.05) is 0 Å². The molecule has 184 valence electrons. The molecule has 2 rings (SSSR count). The molecule has 0 saturated carbocycles. The molecule has 2 N–H and O–H groups in total. The fourth-order valence-electron chi connectivity index (χ4n) is 3.29. The van der Waals surface area contributed by atoms with Crippen molar-refractivity contribution < 1.29 is 34.9 Å². The molecule has 0 aliphatic carbocycles. The van der Waals surface area contributed by atoms with Crippen LogP contribution in [0.15, 0.2) is 42.5 Å². The monoisotopic (exact) mass is 512 g/mol. The van der Waals surface area contributed by atoms with Crippen LogP contribution in [0.2, 0.25) is 0 Å². The minimum atomic E-state index is -4.66. The van der Waals surface area contributed by atoms with E-state index in [1.165, 1.54) is 6.92 Å². The molecule has 0 bridgehead atoms. The third-order valence-corrected chi connectivity index (χ3v) is 8.67. The van der Waals surface area contributed by atoms with Gasteiger partial charge >= 0.3 is 6.18 Å². The summed E-state index contributed by atoms with van der Waals surface area (Å²) >= 11 is -1.95. The first-order valence-electron chi connectivity index (χ1n) is 9.68. The molecule has 2 unspecified atom stereocenters. The number of hydrogen-bond donors (Lipinski definition) is 2. The first kappa shape index (κ1) is 27.5. The largest absolute Gasteiger partial charge is 0.598 e. The topological polar surface area (TPSA) is 81.3 Å². The van der Waals surface area contributed by atoms with Crippen LogP contribution in [0.5, 0.6) is 0 Å².